The molecule has 23 heavy (non-hydrogen) atoms. The van der Waals surface area contributed by atoms with Crippen LogP contribution in [-0.4, -0.2) is 26.4 Å². The van der Waals surface area contributed by atoms with Gasteiger partial charge in [-0.2, -0.15) is 0 Å². The van der Waals surface area contributed by atoms with E-state index in [1.165, 1.54) is 0 Å². The Morgan fingerprint density at radius 2 is 1.91 bits per heavy atom. The van der Waals surface area contributed by atoms with Crippen molar-refractivity contribution in [2.24, 2.45) is 11.8 Å². The van der Waals surface area contributed by atoms with Crippen molar-refractivity contribution >= 4 is 14.2 Å². The van der Waals surface area contributed by atoms with E-state index in [1.807, 2.05) is 19.1 Å². The van der Waals surface area contributed by atoms with E-state index in [1.54, 1.807) is 0 Å². The van der Waals surface area contributed by atoms with Gasteiger partial charge in [0.05, 0.1) is 18.1 Å². The van der Waals surface area contributed by atoms with Crippen LogP contribution in [0.2, 0.25) is 18.1 Å². The molecule has 0 aromatic carbocycles. The molecule has 1 fully saturated rings. The van der Waals surface area contributed by atoms with Gasteiger partial charge in [0.2, 0.25) is 5.91 Å². The van der Waals surface area contributed by atoms with E-state index in [-0.39, 0.29) is 34.9 Å². The topological polar surface area (TPSA) is 38.3 Å². The number of nitrogens with one attached hydrogen (secondary N) is 1. The van der Waals surface area contributed by atoms with Crippen LogP contribution in [0.3, 0.4) is 0 Å². The van der Waals surface area contributed by atoms with E-state index in [2.05, 4.69) is 63.6 Å². The van der Waals surface area contributed by atoms with Crippen LogP contribution < -0.4 is 5.32 Å². The predicted molar refractivity (Wildman–Crippen MR) is 97.6 cm³/mol. The molecule has 1 N–H and O–H groups in total. The molecule has 0 bridgehead atoms. The fourth-order valence-electron chi connectivity index (χ4n) is 2.94. The van der Waals surface area contributed by atoms with Crippen molar-refractivity contribution in [2.75, 3.05) is 0 Å². The Balaban J connectivity index is 2.14. The van der Waals surface area contributed by atoms with Crippen molar-refractivity contribution in [1.82, 2.24) is 5.32 Å². The summed E-state index contributed by atoms with van der Waals surface area (Å²) in [4.78, 5) is 12.2. The number of β-lactam (4-membered cyclic amide) rings is 1. The smallest absolute Gasteiger partial charge is 0.228 e. The van der Waals surface area contributed by atoms with Crippen LogP contribution in [0.15, 0.2) is 42.2 Å². The van der Waals surface area contributed by atoms with Gasteiger partial charge in [-0.15, -0.1) is 5.73 Å². The Labute approximate surface area is 141 Å². The Hall–Kier alpha value is -1.35. The van der Waals surface area contributed by atoms with E-state index >= 15 is 0 Å². The van der Waals surface area contributed by atoms with Crippen LogP contribution in [-0.2, 0) is 9.22 Å². The van der Waals surface area contributed by atoms with Gasteiger partial charge in [0.1, 0.15) is 0 Å². The number of amides is 1. The lowest BCUT2D eigenvalue weighted by Crippen LogP contribution is -2.64. The fraction of sp³-hybridized carbons (Fsp3) is 0.579. The van der Waals surface area contributed by atoms with Crippen molar-refractivity contribution in [3.63, 3.8) is 0 Å². The molecule has 3 nitrogen and oxygen atoms in total. The summed E-state index contributed by atoms with van der Waals surface area (Å²) in [6.07, 6.45) is 8.15. The maximum absolute atomic E-state index is 12.2. The summed E-state index contributed by atoms with van der Waals surface area (Å²) >= 11 is 0. The fourth-order valence-corrected chi connectivity index (χ4v) is 4.37. The van der Waals surface area contributed by atoms with Gasteiger partial charge in [-0.05, 0) is 25.1 Å². The number of allylic oxidation sites excluding steroid dienone is 4. The Morgan fingerprint density at radius 3 is 2.35 bits per heavy atom. The molecule has 0 spiro atoms. The molecule has 2 rings (SSSR count). The molecule has 1 aliphatic carbocycles. The average molecular weight is 332 g/mol. The van der Waals surface area contributed by atoms with E-state index in [0.29, 0.717) is 0 Å². The number of carbonyl (C=O) groups is 1. The van der Waals surface area contributed by atoms with Crippen molar-refractivity contribution in [3.05, 3.63) is 42.2 Å². The Kier molecular flexibility index (Phi) is 4.91. The van der Waals surface area contributed by atoms with Crippen LogP contribution in [0.5, 0.6) is 0 Å². The van der Waals surface area contributed by atoms with Crippen LogP contribution in [0.1, 0.15) is 27.7 Å². The van der Waals surface area contributed by atoms with Crippen LogP contribution in [0.25, 0.3) is 0 Å². The van der Waals surface area contributed by atoms with Gasteiger partial charge in [-0.1, -0.05) is 51.7 Å². The third kappa shape index (κ3) is 3.45. The van der Waals surface area contributed by atoms with Gasteiger partial charge in [0.15, 0.2) is 8.32 Å². The standard InChI is InChI=1S/C19H29NO2Si/c1-8-15(14-11-9-10-12-14)17-16(18(21)20-17)13(2)22-23(6,7)19(3,4)5/h9-14,16-17H,1H2,2-7H3,(H,20,21)/t13-,16-,17-/m1/s1. The minimum Gasteiger partial charge on any atom is -0.413 e. The Morgan fingerprint density at radius 1 is 1.35 bits per heavy atom. The predicted octanol–water partition coefficient (Wildman–Crippen LogP) is 3.96. The van der Waals surface area contributed by atoms with E-state index in [0.717, 1.165) is 5.57 Å². The third-order valence-corrected chi connectivity index (χ3v) is 9.97. The lowest BCUT2D eigenvalue weighted by Gasteiger charge is -2.46. The summed E-state index contributed by atoms with van der Waals surface area (Å²) < 4.78 is 6.44. The first kappa shape index (κ1) is 18.0. The summed E-state index contributed by atoms with van der Waals surface area (Å²) in [6.45, 7) is 16.9. The van der Waals surface area contributed by atoms with Gasteiger partial charge >= 0.3 is 0 Å². The molecule has 1 aliphatic heterocycles. The van der Waals surface area contributed by atoms with Crippen molar-refractivity contribution in [3.8, 4) is 0 Å². The first-order valence-electron chi connectivity index (χ1n) is 8.31. The zero-order chi connectivity index (χ0) is 17.4. The molecule has 1 amide bonds. The summed E-state index contributed by atoms with van der Waals surface area (Å²) in [5, 5.41) is 3.15. The van der Waals surface area contributed by atoms with E-state index < -0.39 is 8.32 Å². The SMILES string of the molecule is C=C=C(C1C=CC=C1)[C@H]1NC(=O)[C@@H]1[C@@H](C)O[Si](C)(C)C(C)(C)C. The number of carbonyl (C=O) groups excluding carboxylic acids is 1. The molecule has 0 aromatic heterocycles. The van der Waals surface area contributed by atoms with Gasteiger partial charge < -0.3 is 9.74 Å². The molecule has 0 aromatic rings. The minimum atomic E-state index is -1.90. The van der Waals surface area contributed by atoms with Crippen LogP contribution in [0, 0.1) is 11.8 Å². The van der Waals surface area contributed by atoms with Gasteiger partial charge in [-0.25, -0.2) is 0 Å². The lowest BCUT2D eigenvalue weighted by atomic mass is 9.77. The van der Waals surface area contributed by atoms with Crippen molar-refractivity contribution in [2.45, 2.75) is 58.0 Å². The van der Waals surface area contributed by atoms with E-state index in [9.17, 15) is 4.79 Å². The number of hydrogen-bond acceptors (Lipinski definition) is 2. The van der Waals surface area contributed by atoms with Gasteiger partial charge in [-0.3, -0.25) is 4.79 Å². The molecule has 126 valence electrons. The van der Waals surface area contributed by atoms with Crippen LogP contribution >= 0.6 is 0 Å². The molecule has 4 heteroatoms. The third-order valence-electron chi connectivity index (χ3n) is 5.40. The number of hydrogen-bond donors (Lipinski definition) is 1. The molecule has 0 radical (unpaired) electrons. The highest BCUT2D eigenvalue weighted by Crippen LogP contribution is 2.40. The second-order valence-electron chi connectivity index (χ2n) is 8.02. The lowest BCUT2D eigenvalue weighted by molar-refractivity contribution is -0.138. The van der Waals surface area contributed by atoms with Gasteiger partial charge in [0, 0.05) is 11.5 Å². The molecule has 0 saturated carbocycles. The molecule has 1 saturated heterocycles. The molecule has 0 unspecified atom stereocenters. The minimum absolute atomic E-state index is 0.0304. The highest BCUT2D eigenvalue weighted by atomic mass is 28.4. The summed E-state index contributed by atoms with van der Waals surface area (Å²) in [6, 6.07) is -0.0304. The maximum atomic E-state index is 12.2. The van der Waals surface area contributed by atoms with Crippen molar-refractivity contribution in [1.29, 1.82) is 0 Å². The average Bonchev–Trinajstić information content (AvgIpc) is 2.90. The maximum Gasteiger partial charge on any atom is 0.228 e. The zero-order valence-electron chi connectivity index (χ0n) is 15.1. The first-order valence-corrected chi connectivity index (χ1v) is 11.2. The number of rotatable bonds is 5. The summed E-state index contributed by atoms with van der Waals surface area (Å²) in [5.41, 5.74) is 4.08. The molecular weight excluding hydrogens is 302 g/mol. The first-order chi connectivity index (χ1) is 10.6. The monoisotopic (exact) mass is 331 g/mol. The Bertz CT molecular complexity index is 579. The molecular formula is C19H29NO2Si. The largest absolute Gasteiger partial charge is 0.413 e. The summed E-state index contributed by atoms with van der Waals surface area (Å²) in [5.74, 6) is 0.0939. The van der Waals surface area contributed by atoms with Gasteiger partial charge in [0.25, 0.3) is 0 Å². The highest BCUT2D eigenvalue weighted by molar-refractivity contribution is 6.74. The second kappa shape index (κ2) is 6.27. The zero-order valence-corrected chi connectivity index (χ0v) is 16.1. The summed E-state index contributed by atoms with van der Waals surface area (Å²) in [7, 11) is -1.90. The molecule has 1 heterocycles. The molecule has 2 aliphatic rings. The van der Waals surface area contributed by atoms with Crippen LogP contribution in [0.4, 0.5) is 0 Å². The van der Waals surface area contributed by atoms with Crippen molar-refractivity contribution < 1.29 is 9.22 Å². The normalized spacial score (nSPS) is 25.7. The molecule has 3 atom stereocenters. The second-order valence-corrected chi connectivity index (χ2v) is 12.8. The quantitative estimate of drug-likeness (QED) is 0.470. The van der Waals surface area contributed by atoms with E-state index in [4.69, 9.17) is 4.43 Å². The highest BCUT2D eigenvalue weighted by Gasteiger charge is 2.49.